The summed E-state index contributed by atoms with van der Waals surface area (Å²) < 4.78 is 77.3. The minimum absolute atomic E-state index is 0.0814. The lowest BCUT2D eigenvalue weighted by atomic mass is 10.1. The number of aromatic nitrogens is 4. The number of thiazole rings is 2. The molecule has 20 heteroatoms. The maximum absolute atomic E-state index is 12.7. The highest BCUT2D eigenvalue weighted by molar-refractivity contribution is 7.22. The first kappa shape index (κ1) is 34.2. The molecule has 0 fully saturated rings. The zero-order valence-electron chi connectivity index (χ0n) is 23.2. The van der Waals surface area contributed by atoms with Crippen molar-refractivity contribution >= 4 is 70.7 Å². The molecule has 0 saturated carbocycles. The number of alkyl halides is 6. The van der Waals surface area contributed by atoms with Crippen LogP contribution in [0.5, 0.6) is 17.4 Å². The van der Waals surface area contributed by atoms with Crippen LogP contribution in [-0.2, 0) is 11.0 Å². The quantitative estimate of drug-likeness (QED) is 0.0858. The summed E-state index contributed by atoms with van der Waals surface area (Å²) in [5, 5.41) is 17.3. The molecule has 12 nitrogen and oxygen atoms in total. The highest BCUT2D eigenvalue weighted by Gasteiger charge is 2.38. The molecule has 3 aromatic carbocycles. The molecule has 6 aromatic rings. The molecule has 0 aliphatic rings. The normalized spacial score (nSPS) is 11.4. The van der Waals surface area contributed by atoms with Crippen molar-refractivity contribution in [2.75, 3.05) is 22.9 Å². The predicted molar refractivity (Wildman–Crippen MR) is 165 cm³/mol. The number of hydrogen-bond acceptors (Lipinski definition) is 13. The fourth-order valence-corrected chi connectivity index (χ4v) is 5.26. The third-order valence-corrected chi connectivity index (χ3v) is 7.28. The minimum Gasteiger partial charge on any atom is -0.506 e. The Hall–Kier alpha value is -5.63. The lowest BCUT2D eigenvalue weighted by molar-refractivity contribution is -0.192. The Bertz CT molecular complexity index is 2050. The average Bonchev–Trinajstić information content (AvgIpc) is 3.54. The first-order valence-electron chi connectivity index (χ1n) is 12.5. The number of nitrogens with zero attached hydrogens (tertiary/aromatic N) is 4. The van der Waals surface area contributed by atoms with Gasteiger partial charge in [0.2, 0.25) is 5.88 Å². The molecule has 0 saturated heterocycles. The van der Waals surface area contributed by atoms with E-state index in [1.807, 2.05) is 0 Å². The van der Waals surface area contributed by atoms with Crippen molar-refractivity contribution in [1.29, 1.82) is 0 Å². The van der Waals surface area contributed by atoms with Crippen LogP contribution in [0, 0.1) is 0 Å². The van der Waals surface area contributed by atoms with Crippen LogP contribution in [0.3, 0.4) is 0 Å². The second-order valence-electron chi connectivity index (χ2n) is 9.08. The number of carbonyl (C=O) groups is 1. The monoisotopic (exact) mass is 698 g/mol. The van der Waals surface area contributed by atoms with Gasteiger partial charge in [0.15, 0.2) is 16.0 Å². The second-order valence-corrected chi connectivity index (χ2v) is 11.2. The maximum atomic E-state index is 12.7. The Morgan fingerprint density at radius 1 is 0.766 bits per heavy atom. The molecule has 3 heterocycles. The molecule has 0 spiro atoms. The Balaban J connectivity index is 0.000000215. The molecule has 10 N–H and O–H groups in total. The van der Waals surface area contributed by atoms with Gasteiger partial charge < -0.3 is 37.9 Å². The lowest BCUT2D eigenvalue weighted by Gasteiger charge is -2.09. The number of nitrogen functional groups attached to an aromatic ring is 4. The number of aliphatic carboxylic acids is 1. The molecule has 0 bridgehead atoms. The van der Waals surface area contributed by atoms with Crippen molar-refractivity contribution in [3.8, 4) is 28.6 Å². The van der Waals surface area contributed by atoms with Crippen LogP contribution >= 0.6 is 22.7 Å². The van der Waals surface area contributed by atoms with Crippen LogP contribution in [0.2, 0.25) is 0 Å². The van der Waals surface area contributed by atoms with Gasteiger partial charge >= 0.3 is 18.3 Å². The SMILES string of the molecule is Nc1cc(O)c2nc(N)sc2c1.Nc1cc(Oc2cc(-c3ccc(C(F)(F)F)cc3)ncn2)c2nc(N)sc2c1.O=C(O)C(F)(F)F. The van der Waals surface area contributed by atoms with Gasteiger partial charge in [-0.05, 0) is 24.3 Å². The molecule has 0 atom stereocenters. The van der Waals surface area contributed by atoms with Crippen molar-refractivity contribution in [2.45, 2.75) is 12.4 Å². The van der Waals surface area contributed by atoms with E-state index in [9.17, 15) is 31.4 Å². The van der Waals surface area contributed by atoms with Crippen molar-refractivity contribution in [2.24, 2.45) is 0 Å². The lowest BCUT2D eigenvalue weighted by Crippen LogP contribution is -2.21. The van der Waals surface area contributed by atoms with E-state index in [4.69, 9.17) is 37.6 Å². The van der Waals surface area contributed by atoms with Gasteiger partial charge in [0.25, 0.3) is 0 Å². The number of anilines is 4. The number of rotatable bonds is 3. The number of hydrogen-bond donors (Lipinski definition) is 6. The highest BCUT2D eigenvalue weighted by atomic mass is 32.1. The number of phenolic OH excluding ortho intramolecular Hbond substituents is 1. The van der Waals surface area contributed by atoms with Crippen LogP contribution in [0.1, 0.15) is 5.56 Å². The number of halogens is 6. The topological polar surface area (TPSA) is 222 Å². The number of carboxylic acid groups (broad SMARTS) is 1. The standard InChI is InChI=1S/C18H12F3N5OS.C7H7N3OS.C2HF3O2/c19-18(20,21)10-3-1-9(2-4-10)12-7-15(25-8-24-12)27-13-5-11(22)6-14-16(13)26-17(23)28-14;8-3-1-4(11)6-5(2-3)12-7(9)10-6;3-2(4,5)1(6)7/h1-8H,22H2,(H2,23,26);1-2,11H,8H2,(H2,9,10);(H,6,7). The van der Waals surface area contributed by atoms with Crippen molar-refractivity contribution in [3.05, 3.63) is 66.5 Å². The summed E-state index contributed by atoms with van der Waals surface area (Å²) in [5.74, 6) is -2.10. The highest BCUT2D eigenvalue weighted by Crippen LogP contribution is 2.37. The fourth-order valence-electron chi connectivity index (χ4n) is 3.66. The molecule has 3 aromatic heterocycles. The van der Waals surface area contributed by atoms with Crippen molar-refractivity contribution in [3.63, 3.8) is 0 Å². The number of fused-ring (bicyclic) bond motifs is 2. The fraction of sp³-hybridized carbons (Fsp3) is 0.0741. The molecule has 246 valence electrons. The van der Waals surface area contributed by atoms with E-state index in [-0.39, 0.29) is 11.6 Å². The number of carboxylic acids is 1. The van der Waals surface area contributed by atoms with Crippen LogP contribution in [0.15, 0.2) is 60.9 Å². The largest absolute Gasteiger partial charge is 0.506 e. The first-order chi connectivity index (χ1) is 21.9. The Kier molecular flexibility index (Phi) is 9.75. The number of benzene rings is 3. The van der Waals surface area contributed by atoms with Gasteiger partial charge in [0.05, 0.1) is 20.7 Å². The van der Waals surface area contributed by atoms with E-state index in [0.29, 0.717) is 49.7 Å². The number of phenols is 1. The zero-order valence-corrected chi connectivity index (χ0v) is 24.8. The van der Waals surface area contributed by atoms with Gasteiger partial charge in [-0.2, -0.15) is 26.3 Å². The van der Waals surface area contributed by atoms with E-state index < -0.39 is 23.9 Å². The first-order valence-corrected chi connectivity index (χ1v) is 14.1. The summed E-state index contributed by atoms with van der Waals surface area (Å²) in [7, 11) is 0. The average molecular weight is 699 g/mol. The summed E-state index contributed by atoms with van der Waals surface area (Å²) >= 11 is 2.58. The molecule has 0 radical (unpaired) electrons. The second kappa shape index (κ2) is 13.4. The summed E-state index contributed by atoms with van der Waals surface area (Å²) in [5.41, 5.74) is 24.9. The smallest absolute Gasteiger partial charge is 0.490 e. The Morgan fingerprint density at radius 3 is 1.85 bits per heavy atom. The number of ether oxygens (including phenoxy) is 1. The predicted octanol–water partition coefficient (Wildman–Crippen LogP) is 6.53. The summed E-state index contributed by atoms with van der Waals surface area (Å²) in [6.45, 7) is 0. The van der Waals surface area contributed by atoms with Gasteiger partial charge in [-0.15, -0.1) is 0 Å². The summed E-state index contributed by atoms with van der Waals surface area (Å²) in [6, 6.07) is 12.7. The van der Waals surface area contributed by atoms with Crippen LogP contribution in [0.25, 0.3) is 31.7 Å². The Morgan fingerprint density at radius 2 is 1.30 bits per heavy atom. The van der Waals surface area contributed by atoms with Gasteiger partial charge in [0, 0.05) is 35.1 Å². The molecule has 0 unspecified atom stereocenters. The number of aromatic hydroxyl groups is 1. The van der Waals surface area contributed by atoms with Crippen LogP contribution in [0.4, 0.5) is 48.0 Å². The molecule has 6 rings (SSSR count). The van der Waals surface area contributed by atoms with Crippen molar-refractivity contribution in [1.82, 2.24) is 19.9 Å². The van der Waals surface area contributed by atoms with E-state index in [1.54, 1.807) is 18.2 Å². The van der Waals surface area contributed by atoms with Crippen molar-refractivity contribution < 1.29 is 46.1 Å². The third kappa shape index (κ3) is 8.76. The Labute approximate surface area is 266 Å². The van der Waals surface area contributed by atoms with Crippen LogP contribution < -0.4 is 27.7 Å². The van der Waals surface area contributed by atoms with E-state index in [2.05, 4.69) is 19.9 Å². The maximum Gasteiger partial charge on any atom is 0.490 e. The molecule has 0 aliphatic carbocycles. The summed E-state index contributed by atoms with van der Waals surface area (Å²) in [4.78, 5) is 25.2. The van der Waals surface area contributed by atoms with Gasteiger partial charge in [0.1, 0.15) is 23.1 Å². The molecule has 47 heavy (non-hydrogen) atoms. The number of nitrogens with two attached hydrogens (primary N) is 4. The molecule has 0 aliphatic heterocycles. The minimum atomic E-state index is -5.08. The van der Waals surface area contributed by atoms with E-state index in [1.165, 1.54) is 53.3 Å². The van der Waals surface area contributed by atoms with Gasteiger partial charge in [-0.1, -0.05) is 34.8 Å². The van der Waals surface area contributed by atoms with Crippen LogP contribution in [-0.4, -0.2) is 42.3 Å². The molecule has 0 amide bonds. The van der Waals surface area contributed by atoms with Gasteiger partial charge in [-0.25, -0.2) is 24.7 Å². The molecular weight excluding hydrogens is 678 g/mol. The summed E-state index contributed by atoms with van der Waals surface area (Å²) in [6.07, 6.45) is -8.21. The van der Waals surface area contributed by atoms with E-state index >= 15 is 0 Å². The molecular formula is C27H20F6N8O4S2. The van der Waals surface area contributed by atoms with Gasteiger partial charge in [-0.3, -0.25) is 0 Å². The zero-order chi connectivity index (χ0) is 34.7. The third-order valence-electron chi connectivity index (χ3n) is 5.62. The van der Waals surface area contributed by atoms with E-state index in [0.717, 1.165) is 21.5 Å².